The Bertz CT molecular complexity index is 575. The molecule has 2 heteroatoms. The van der Waals surface area contributed by atoms with Crippen LogP contribution in [0.15, 0.2) is 53.5 Å². The molecular formula is C18H21NO. The van der Waals surface area contributed by atoms with Gasteiger partial charge in [0.25, 0.3) is 0 Å². The molecule has 2 nitrogen and oxygen atoms in total. The van der Waals surface area contributed by atoms with Gasteiger partial charge in [-0.15, -0.1) is 0 Å². The van der Waals surface area contributed by atoms with E-state index in [1.807, 2.05) is 36.5 Å². The Morgan fingerprint density at radius 2 is 1.80 bits per heavy atom. The van der Waals surface area contributed by atoms with Crippen LogP contribution < -0.4 is 4.74 Å². The molecule has 2 rings (SSSR count). The molecule has 0 heterocycles. The highest BCUT2D eigenvalue weighted by molar-refractivity contribution is 5.85. The molecule has 0 radical (unpaired) electrons. The first kappa shape index (κ1) is 14.3. The van der Waals surface area contributed by atoms with Crippen LogP contribution in [-0.2, 0) is 6.42 Å². The minimum Gasteiger partial charge on any atom is -0.496 e. The molecule has 0 fully saturated rings. The van der Waals surface area contributed by atoms with Crippen LogP contribution in [0.5, 0.6) is 5.75 Å². The van der Waals surface area contributed by atoms with E-state index in [2.05, 4.69) is 30.1 Å². The quantitative estimate of drug-likeness (QED) is 0.690. The molecule has 0 spiro atoms. The summed E-state index contributed by atoms with van der Waals surface area (Å²) in [6.45, 7) is 2.21. The van der Waals surface area contributed by atoms with Crippen molar-refractivity contribution in [3.63, 3.8) is 0 Å². The number of methoxy groups -OCH3 is 1. The normalized spacial score (nSPS) is 10.9. The summed E-state index contributed by atoms with van der Waals surface area (Å²) in [5, 5.41) is 0. The molecule has 20 heavy (non-hydrogen) atoms. The number of unbranched alkanes of at least 4 members (excludes halogenated alkanes) is 1. The summed E-state index contributed by atoms with van der Waals surface area (Å²) in [6.07, 6.45) is 5.35. The Labute approximate surface area is 121 Å². The molecule has 2 aromatic carbocycles. The first-order valence-corrected chi connectivity index (χ1v) is 7.10. The first-order valence-electron chi connectivity index (χ1n) is 7.10. The van der Waals surface area contributed by atoms with Crippen molar-refractivity contribution in [1.29, 1.82) is 0 Å². The predicted molar refractivity (Wildman–Crippen MR) is 85.3 cm³/mol. The second-order valence-electron chi connectivity index (χ2n) is 4.73. The topological polar surface area (TPSA) is 21.6 Å². The van der Waals surface area contributed by atoms with Crippen LogP contribution in [0.4, 0.5) is 5.69 Å². The van der Waals surface area contributed by atoms with Gasteiger partial charge in [-0.2, -0.15) is 0 Å². The average Bonchev–Trinajstić information content (AvgIpc) is 2.52. The molecule has 0 saturated heterocycles. The van der Waals surface area contributed by atoms with Crippen LogP contribution in [-0.4, -0.2) is 13.3 Å². The minimum atomic E-state index is 0.849. The fourth-order valence-corrected chi connectivity index (χ4v) is 2.13. The third kappa shape index (κ3) is 3.70. The van der Waals surface area contributed by atoms with Crippen LogP contribution in [0.1, 0.15) is 30.9 Å². The van der Waals surface area contributed by atoms with Crippen molar-refractivity contribution in [3.8, 4) is 5.75 Å². The van der Waals surface area contributed by atoms with Gasteiger partial charge < -0.3 is 4.74 Å². The SMILES string of the molecule is CCCCc1ccccc1N=Cc1ccccc1OC. The lowest BCUT2D eigenvalue weighted by Gasteiger charge is -2.05. The third-order valence-corrected chi connectivity index (χ3v) is 3.27. The van der Waals surface area contributed by atoms with Crippen LogP contribution in [0.3, 0.4) is 0 Å². The number of nitrogens with zero attached hydrogens (tertiary/aromatic N) is 1. The number of rotatable bonds is 6. The number of hydrogen-bond acceptors (Lipinski definition) is 2. The van der Waals surface area contributed by atoms with Gasteiger partial charge in [-0.25, -0.2) is 0 Å². The molecule has 0 aliphatic heterocycles. The van der Waals surface area contributed by atoms with Crippen molar-refractivity contribution in [2.45, 2.75) is 26.2 Å². The summed E-state index contributed by atoms with van der Waals surface area (Å²) in [5.41, 5.74) is 3.35. The lowest BCUT2D eigenvalue weighted by Crippen LogP contribution is -1.90. The Morgan fingerprint density at radius 1 is 1.05 bits per heavy atom. The third-order valence-electron chi connectivity index (χ3n) is 3.27. The monoisotopic (exact) mass is 267 g/mol. The molecule has 0 amide bonds. The number of aliphatic imine (C=N–C) groups is 1. The molecule has 2 aromatic rings. The van der Waals surface area contributed by atoms with Crippen molar-refractivity contribution in [3.05, 3.63) is 59.7 Å². The molecular weight excluding hydrogens is 246 g/mol. The second kappa shape index (κ2) is 7.49. The van der Waals surface area contributed by atoms with Gasteiger partial charge in [0.05, 0.1) is 12.8 Å². The highest BCUT2D eigenvalue weighted by atomic mass is 16.5. The van der Waals surface area contributed by atoms with Gasteiger partial charge in [0, 0.05) is 11.8 Å². The van der Waals surface area contributed by atoms with Crippen LogP contribution in [0.25, 0.3) is 0 Å². The van der Waals surface area contributed by atoms with E-state index in [9.17, 15) is 0 Å². The van der Waals surface area contributed by atoms with E-state index in [1.165, 1.54) is 18.4 Å². The molecule has 0 atom stereocenters. The van der Waals surface area contributed by atoms with E-state index in [0.717, 1.165) is 23.4 Å². The zero-order valence-electron chi connectivity index (χ0n) is 12.2. The summed E-state index contributed by atoms with van der Waals surface area (Å²) >= 11 is 0. The van der Waals surface area contributed by atoms with Gasteiger partial charge in [0.2, 0.25) is 0 Å². The van der Waals surface area contributed by atoms with E-state index >= 15 is 0 Å². The molecule has 0 aliphatic rings. The van der Waals surface area contributed by atoms with Gasteiger partial charge >= 0.3 is 0 Å². The smallest absolute Gasteiger partial charge is 0.127 e. The standard InChI is InChI=1S/C18H21NO/c1-3-4-9-15-10-5-7-12-17(15)19-14-16-11-6-8-13-18(16)20-2/h5-8,10-14H,3-4,9H2,1-2H3. The molecule has 104 valence electrons. The van der Waals surface area contributed by atoms with Gasteiger partial charge in [0.1, 0.15) is 5.75 Å². The van der Waals surface area contributed by atoms with Crippen LogP contribution in [0, 0.1) is 0 Å². The minimum absolute atomic E-state index is 0.849. The van der Waals surface area contributed by atoms with Crippen molar-refractivity contribution in [2.24, 2.45) is 4.99 Å². The zero-order valence-corrected chi connectivity index (χ0v) is 12.2. The maximum Gasteiger partial charge on any atom is 0.127 e. The number of hydrogen-bond donors (Lipinski definition) is 0. The molecule has 0 bridgehead atoms. The van der Waals surface area contributed by atoms with Gasteiger partial charge in [0.15, 0.2) is 0 Å². The largest absolute Gasteiger partial charge is 0.496 e. The Morgan fingerprint density at radius 3 is 2.60 bits per heavy atom. The summed E-state index contributed by atoms with van der Waals surface area (Å²) in [5.74, 6) is 0.849. The summed E-state index contributed by atoms with van der Waals surface area (Å²) in [6, 6.07) is 16.2. The van der Waals surface area contributed by atoms with Gasteiger partial charge in [-0.1, -0.05) is 43.7 Å². The zero-order chi connectivity index (χ0) is 14.2. The molecule has 0 N–H and O–H groups in total. The van der Waals surface area contributed by atoms with E-state index in [0.29, 0.717) is 0 Å². The van der Waals surface area contributed by atoms with Gasteiger partial charge in [-0.3, -0.25) is 4.99 Å². The Hall–Kier alpha value is -2.09. The Balaban J connectivity index is 2.22. The highest BCUT2D eigenvalue weighted by Crippen LogP contribution is 2.22. The number of benzene rings is 2. The Kier molecular flexibility index (Phi) is 5.36. The second-order valence-corrected chi connectivity index (χ2v) is 4.73. The van der Waals surface area contributed by atoms with E-state index in [1.54, 1.807) is 7.11 Å². The predicted octanol–water partition coefficient (Wildman–Crippen LogP) is 4.79. The summed E-state index contributed by atoms with van der Waals surface area (Å²) < 4.78 is 5.34. The van der Waals surface area contributed by atoms with E-state index in [4.69, 9.17) is 4.74 Å². The van der Waals surface area contributed by atoms with Crippen molar-refractivity contribution < 1.29 is 4.74 Å². The fourth-order valence-electron chi connectivity index (χ4n) is 2.13. The van der Waals surface area contributed by atoms with Crippen molar-refractivity contribution >= 4 is 11.9 Å². The van der Waals surface area contributed by atoms with E-state index < -0.39 is 0 Å². The maximum atomic E-state index is 5.34. The molecule has 0 aromatic heterocycles. The lowest BCUT2D eigenvalue weighted by molar-refractivity contribution is 0.414. The average molecular weight is 267 g/mol. The highest BCUT2D eigenvalue weighted by Gasteiger charge is 2.01. The molecule has 0 aliphatic carbocycles. The number of ether oxygens (including phenoxy) is 1. The summed E-state index contributed by atoms with van der Waals surface area (Å²) in [7, 11) is 1.68. The molecule has 0 unspecified atom stereocenters. The maximum absolute atomic E-state index is 5.34. The number of aryl methyl sites for hydroxylation is 1. The van der Waals surface area contributed by atoms with Crippen LogP contribution in [0.2, 0.25) is 0 Å². The van der Waals surface area contributed by atoms with Crippen molar-refractivity contribution in [1.82, 2.24) is 0 Å². The number of para-hydroxylation sites is 2. The van der Waals surface area contributed by atoms with Crippen molar-refractivity contribution in [2.75, 3.05) is 7.11 Å². The summed E-state index contributed by atoms with van der Waals surface area (Å²) in [4.78, 5) is 4.63. The molecule has 0 saturated carbocycles. The van der Waals surface area contributed by atoms with Crippen LogP contribution >= 0.6 is 0 Å². The first-order chi connectivity index (χ1) is 9.85. The van der Waals surface area contributed by atoms with Gasteiger partial charge in [-0.05, 0) is 36.6 Å². The fraction of sp³-hybridized carbons (Fsp3) is 0.278. The lowest BCUT2D eigenvalue weighted by atomic mass is 10.1. The van der Waals surface area contributed by atoms with E-state index in [-0.39, 0.29) is 0 Å².